The van der Waals surface area contributed by atoms with E-state index < -0.39 is 29.7 Å². The number of halogens is 1. The number of urea groups is 1. The molecule has 8 heteroatoms. The van der Waals surface area contributed by atoms with Crippen LogP contribution in [0.15, 0.2) is 72.8 Å². The number of benzene rings is 3. The molecule has 35 heavy (non-hydrogen) atoms. The van der Waals surface area contributed by atoms with Gasteiger partial charge in [-0.25, -0.2) is 14.1 Å². The van der Waals surface area contributed by atoms with Crippen LogP contribution in [0.2, 0.25) is 0 Å². The number of anilines is 2. The maximum absolute atomic E-state index is 13.4. The van der Waals surface area contributed by atoms with Crippen LogP contribution in [0.4, 0.5) is 20.6 Å². The molecule has 1 atom stereocenters. The van der Waals surface area contributed by atoms with Crippen LogP contribution in [-0.4, -0.2) is 35.9 Å². The van der Waals surface area contributed by atoms with Gasteiger partial charge in [0.2, 0.25) is 5.91 Å². The Morgan fingerprint density at radius 3 is 2.37 bits per heavy atom. The summed E-state index contributed by atoms with van der Waals surface area (Å²) in [7, 11) is 1.54. The first-order valence-corrected chi connectivity index (χ1v) is 11.3. The molecular formula is C27H26FN3O4. The quantitative estimate of drug-likeness (QED) is 0.477. The monoisotopic (exact) mass is 475 g/mol. The number of amides is 4. The average Bonchev–Trinajstić information content (AvgIpc) is 3.09. The normalized spacial score (nSPS) is 15.5. The third-order valence-corrected chi connectivity index (χ3v) is 5.92. The number of imide groups is 1. The van der Waals surface area contributed by atoms with Crippen molar-refractivity contribution < 1.29 is 23.5 Å². The van der Waals surface area contributed by atoms with Crippen LogP contribution in [0.5, 0.6) is 5.75 Å². The van der Waals surface area contributed by atoms with Crippen LogP contribution in [0.25, 0.3) is 0 Å². The fraction of sp³-hybridized carbons (Fsp3) is 0.222. The lowest BCUT2D eigenvalue weighted by Crippen LogP contribution is -2.37. The topological polar surface area (TPSA) is 79.0 Å². The van der Waals surface area contributed by atoms with Crippen molar-refractivity contribution in [2.45, 2.75) is 32.4 Å². The van der Waals surface area contributed by atoms with Crippen LogP contribution in [0.3, 0.4) is 0 Å². The Bertz CT molecular complexity index is 1230. The second-order valence-electron chi connectivity index (χ2n) is 8.23. The molecule has 1 N–H and O–H groups in total. The van der Waals surface area contributed by atoms with E-state index in [4.69, 9.17) is 4.74 Å². The summed E-state index contributed by atoms with van der Waals surface area (Å²) in [6, 6.07) is 18.1. The lowest BCUT2D eigenvalue weighted by atomic mass is 10.1. The van der Waals surface area contributed by atoms with Crippen molar-refractivity contribution in [3.05, 3.63) is 89.7 Å². The number of nitrogens with zero attached hydrogens (tertiary/aromatic N) is 2. The number of hydrogen-bond donors (Lipinski definition) is 1. The van der Waals surface area contributed by atoms with Crippen molar-refractivity contribution >= 4 is 29.2 Å². The van der Waals surface area contributed by atoms with E-state index in [0.29, 0.717) is 11.4 Å². The first-order chi connectivity index (χ1) is 16.9. The molecular weight excluding hydrogens is 449 g/mol. The van der Waals surface area contributed by atoms with Crippen molar-refractivity contribution in [1.29, 1.82) is 0 Å². The van der Waals surface area contributed by atoms with Crippen molar-refractivity contribution in [2.24, 2.45) is 0 Å². The standard InChI is InChI=1S/C27H26FN3O4/c1-3-18-7-11-21(12-8-18)29-25(32)16-24-26(33)31(22-13-9-20(28)10-14-22)27(34)30(24)17-19-5-4-6-23(15-19)35-2/h4-15,24H,3,16-17H2,1-2H3,(H,29,32)/t24-/m0/s1. The molecule has 1 saturated heterocycles. The minimum Gasteiger partial charge on any atom is -0.497 e. The fourth-order valence-electron chi connectivity index (χ4n) is 4.02. The fourth-order valence-corrected chi connectivity index (χ4v) is 4.02. The zero-order chi connectivity index (χ0) is 24.9. The van der Waals surface area contributed by atoms with Gasteiger partial charge in [-0.05, 0) is 66.1 Å². The molecule has 4 amide bonds. The van der Waals surface area contributed by atoms with Gasteiger partial charge in [0, 0.05) is 12.2 Å². The number of ether oxygens (including phenoxy) is 1. The van der Waals surface area contributed by atoms with Crippen LogP contribution in [0, 0.1) is 5.82 Å². The number of carbonyl (C=O) groups is 3. The number of hydrogen-bond acceptors (Lipinski definition) is 4. The molecule has 3 aromatic carbocycles. The summed E-state index contributed by atoms with van der Waals surface area (Å²) in [5.41, 5.74) is 2.74. The van der Waals surface area contributed by atoms with E-state index in [1.165, 1.54) is 29.2 Å². The van der Waals surface area contributed by atoms with Crippen molar-refractivity contribution in [3.8, 4) is 5.75 Å². The Hall–Kier alpha value is -4.20. The summed E-state index contributed by atoms with van der Waals surface area (Å²) in [6.07, 6.45) is 0.660. The van der Waals surface area contributed by atoms with E-state index in [1.54, 1.807) is 37.4 Å². The highest BCUT2D eigenvalue weighted by molar-refractivity contribution is 6.22. The van der Waals surface area contributed by atoms with Gasteiger partial charge in [0.1, 0.15) is 17.6 Å². The van der Waals surface area contributed by atoms with Gasteiger partial charge in [-0.2, -0.15) is 0 Å². The molecule has 7 nitrogen and oxygen atoms in total. The van der Waals surface area contributed by atoms with E-state index in [-0.39, 0.29) is 18.7 Å². The molecule has 1 fully saturated rings. The Morgan fingerprint density at radius 1 is 1.00 bits per heavy atom. The molecule has 0 saturated carbocycles. The summed E-state index contributed by atoms with van der Waals surface area (Å²) in [4.78, 5) is 41.9. The highest BCUT2D eigenvalue weighted by Gasteiger charge is 2.46. The molecule has 0 aliphatic carbocycles. The van der Waals surface area contributed by atoms with Crippen LogP contribution in [0.1, 0.15) is 24.5 Å². The number of methoxy groups -OCH3 is 1. The van der Waals surface area contributed by atoms with Gasteiger partial charge >= 0.3 is 6.03 Å². The number of rotatable bonds is 8. The van der Waals surface area contributed by atoms with Gasteiger partial charge in [0.05, 0.1) is 19.2 Å². The lowest BCUT2D eigenvalue weighted by molar-refractivity contribution is -0.124. The van der Waals surface area contributed by atoms with Crippen LogP contribution >= 0.6 is 0 Å². The summed E-state index contributed by atoms with van der Waals surface area (Å²) >= 11 is 0. The molecule has 0 aromatic heterocycles. The Kier molecular flexibility index (Phi) is 7.10. The second-order valence-corrected chi connectivity index (χ2v) is 8.23. The molecule has 0 radical (unpaired) electrons. The highest BCUT2D eigenvalue weighted by atomic mass is 19.1. The molecule has 3 aromatic rings. The third kappa shape index (κ3) is 5.32. The molecule has 1 heterocycles. The smallest absolute Gasteiger partial charge is 0.332 e. The minimum absolute atomic E-state index is 0.0998. The van der Waals surface area contributed by atoms with Crippen molar-refractivity contribution in [2.75, 3.05) is 17.3 Å². The van der Waals surface area contributed by atoms with Crippen LogP contribution < -0.4 is 15.0 Å². The first-order valence-electron chi connectivity index (χ1n) is 11.3. The molecule has 4 rings (SSSR count). The molecule has 1 aliphatic heterocycles. The second kappa shape index (κ2) is 10.4. The van der Waals surface area contributed by atoms with Gasteiger partial charge in [-0.15, -0.1) is 0 Å². The largest absolute Gasteiger partial charge is 0.497 e. The van der Waals surface area contributed by atoms with Gasteiger partial charge in [0.25, 0.3) is 5.91 Å². The third-order valence-electron chi connectivity index (χ3n) is 5.92. The Balaban J connectivity index is 1.59. The predicted octanol–water partition coefficient (Wildman–Crippen LogP) is 4.76. The summed E-state index contributed by atoms with van der Waals surface area (Å²) < 4.78 is 18.7. The van der Waals surface area contributed by atoms with E-state index in [0.717, 1.165) is 22.4 Å². The maximum atomic E-state index is 13.4. The van der Waals surface area contributed by atoms with Gasteiger partial charge < -0.3 is 15.0 Å². The summed E-state index contributed by atoms with van der Waals surface area (Å²) in [6.45, 7) is 2.14. The highest BCUT2D eigenvalue weighted by Crippen LogP contribution is 2.29. The average molecular weight is 476 g/mol. The SMILES string of the molecule is CCc1ccc(NC(=O)C[C@H]2C(=O)N(c3ccc(F)cc3)C(=O)N2Cc2cccc(OC)c2)cc1. The Morgan fingerprint density at radius 2 is 1.71 bits per heavy atom. The van der Waals surface area contributed by atoms with Gasteiger partial charge in [-0.1, -0.05) is 31.2 Å². The molecule has 0 unspecified atom stereocenters. The summed E-state index contributed by atoms with van der Waals surface area (Å²) in [5, 5.41) is 2.80. The molecule has 0 bridgehead atoms. The molecule has 0 spiro atoms. The van der Waals surface area contributed by atoms with Gasteiger partial charge in [0.15, 0.2) is 0 Å². The Labute approximate surface area is 203 Å². The number of nitrogens with one attached hydrogen (secondary N) is 1. The zero-order valence-electron chi connectivity index (χ0n) is 19.5. The first kappa shape index (κ1) is 23.9. The number of aryl methyl sites for hydroxylation is 1. The van der Waals surface area contributed by atoms with Gasteiger partial charge in [-0.3, -0.25) is 9.59 Å². The van der Waals surface area contributed by atoms with E-state index in [2.05, 4.69) is 5.32 Å². The lowest BCUT2D eigenvalue weighted by Gasteiger charge is -2.22. The van der Waals surface area contributed by atoms with Crippen molar-refractivity contribution in [3.63, 3.8) is 0 Å². The minimum atomic E-state index is -1.02. The predicted molar refractivity (Wildman–Crippen MR) is 131 cm³/mol. The molecule has 180 valence electrons. The molecule has 1 aliphatic rings. The maximum Gasteiger partial charge on any atom is 0.332 e. The van der Waals surface area contributed by atoms with E-state index in [1.807, 2.05) is 25.1 Å². The number of carbonyl (C=O) groups excluding carboxylic acids is 3. The van der Waals surface area contributed by atoms with Crippen LogP contribution in [-0.2, 0) is 22.6 Å². The van der Waals surface area contributed by atoms with Crippen molar-refractivity contribution in [1.82, 2.24) is 4.90 Å². The summed E-state index contributed by atoms with van der Waals surface area (Å²) in [5.74, 6) is -0.801. The van der Waals surface area contributed by atoms with E-state index in [9.17, 15) is 18.8 Å². The zero-order valence-corrected chi connectivity index (χ0v) is 19.5. The van der Waals surface area contributed by atoms with E-state index >= 15 is 0 Å².